The quantitative estimate of drug-likeness (QED) is 0.437. The van der Waals surface area contributed by atoms with Crippen LogP contribution in [-0.2, 0) is 20.4 Å². The van der Waals surface area contributed by atoms with Crippen molar-refractivity contribution in [2.24, 2.45) is 0 Å². The molecule has 0 amide bonds. The molecular weight excluding hydrogens is 361 g/mol. The Bertz CT molecular complexity index is 768. The van der Waals surface area contributed by atoms with E-state index in [-0.39, 0.29) is 24.1 Å². The molecule has 146 valence electrons. The van der Waals surface area contributed by atoms with Crippen LogP contribution < -0.4 is 10.5 Å². The molecule has 2 unspecified atom stereocenters. The maximum atomic E-state index is 12.1. The van der Waals surface area contributed by atoms with Crippen molar-refractivity contribution in [1.29, 1.82) is 0 Å². The van der Waals surface area contributed by atoms with Crippen molar-refractivity contribution in [1.82, 2.24) is 19.5 Å². The van der Waals surface area contributed by atoms with E-state index in [4.69, 9.17) is 19.7 Å². The predicted molar refractivity (Wildman–Crippen MR) is 97.3 cm³/mol. The van der Waals surface area contributed by atoms with Crippen LogP contribution in [0.15, 0.2) is 6.33 Å². The van der Waals surface area contributed by atoms with Crippen molar-refractivity contribution in [2.75, 3.05) is 32.2 Å². The van der Waals surface area contributed by atoms with Crippen molar-refractivity contribution in [3.05, 3.63) is 6.33 Å². The third-order valence-electron chi connectivity index (χ3n) is 3.75. The number of ether oxygens (including phenoxy) is 2. The number of anilines is 1. The fourth-order valence-electron chi connectivity index (χ4n) is 2.24. The van der Waals surface area contributed by atoms with Crippen LogP contribution in [0.2, 0.25) is 0 Å². The molecule has 0 aliphatic rings. The zero-order valence-corrected chi connectivity index (χ0v) is 16.2. The zero-order chi connectivity index (χ0) is 19.2. The molecule has 2 atom stereocenters. The normalized spacial score (nSPS) is 15.1. The number of rotatable bonds is 11. The summed E-state index contributed by atoms with van der Waals surface area (Å²) in [4.78, 5) is 22.5. The standard InChI is InChI=1S/C15H26N5O5P/c1-4-11(2)25-26(21,22)9-5-6-20-10-17-12-13(16)18-15(19-14(12)20)24-8-7-23-3/h10-11H,4-9H2,1-3H3,(H,21,22)(H2,16,18,19). The summed E-state index contributed by atoms with van der Waals surface area (Å²) in [5.41, 5.74) is 6.88. The number of fused-ring (bicyclic) bond motifs is 1. The SMILES string of the molecule is CCC(C)OP(=O)(O)CCCn1cnc2c(N)nc(OCCOC)nc21. The van der Waals surface area contributed by atoms with E-state index in [1.165, 1.54) is 0 Å². The molecule has 0 saturated carbocycles. The lowest BCUT2D eigenvalue weighted by Crippen LogP contribution is -2.09. The first kappa shape index (κ1) is 20.6. The average molecular weight is 387 g/mol. The van der Waals surface area contributed by atoms with Crippen LogP contribution in [0.25, 0.3) is 11.2 Å². The number of nitrogens with two attached hydrogens (primary N) is 1. The largest absolute Gasteiger partial charge is 0.461 e. The van der Waals surface area contributed by atoms with Crippen molar-refractivity contribution >= 4 is 24.6 Å². The molecular formula is C15H26N5O5P. The summed E-state index contributed by atoms with van der Waals surface area (Å²) in [7, 11) is -2.04. The Kier molecular flexibility index (Phi) is 7.33. The van der Waals surface area contributed by atoms with Crippen molar-refractivity contribution in [3.63, 3.8) is 0 Å². The number of imidazole rings is 1. The molecule has 0 aliphatic heterocycles. The lowest BCUT2D eigenvalue weighted by atomic mass is 10.3. The van der Waals surface area contributed by atoms with Gasteiger partial charge in [-0.25, -0.2) is 4.98 Å². The second-order valence-electron chi connectivity index (χ2n) is 5.88. The summed E-state index contributed by atoms with van der Waals surface area (Å²) in [6.45, 7) is 4.83. The van der Waals surface area contributed by atoms with Crippen molar-refractivity contribution < 1.29 is 23.5 Å². The lowest BCUT2D eigenvalue weighted by Gasteiger charge is -2.16. The van der Waals surface area contributed by atoms with Crippen molar-refractivity contribution in [3.8, 4) is 6.01 Å². The highest BCUT2D eigenvalue weighted by Gasteiger charge is 2.22. The van der Waals surface area contributed by atoms with Gasteiger partial charge < -0.3 is 29.2 Å². The highest BCUT2D eigenvalue weighted by atomic mass is 31.2. The van der Waals surface area contributed by atoms with Gasteiger partial charge in [0, 0.05) is 13.7 Å². The summed E-state index contributed by atoms with van der Waals surface area (Å²) < 4.78 is 29.3. The van der Waals surface area contributed by atoms with Gasteiger partial charge >= 0.3 is 13.6 Å². The first-order valence-electron chi connectivity index (χ1n) is 8.46. The molecule has 0 spiro atoms. The third-order valence-corrected chi connectivity index (χ3v) is 5.32. The molecule has 11 heteroatoms. The van der Waals surface area contributed by atoms with E-state index in [0.29, 0.717) is 43.8 Å². The summed E-state index contributed by atoms with van der Waals surface area (Å²) in [5.74, 6) is 0.217. The molecule has 0 radical (unpaired) electrons. The molecule has 3 N–H and O–H groups in total. The topological polar surface area (TPSA) is 135 Å². The third kappa shape index (κ3) is 5.63. The Morgan fingerprint density at radius 3 is 2.85 bits per heavy atom. The molecule has 0 aromatic carbocycles. The fourth-order valence-corrected chi connectivity index (χ4v) is 3.60. The van der Waals surface area contributed by atoms with Crippen LogP contribution in [-0.4, -0.2) is 57.0 Å². The van der Waals surface area contributed by atoms with E-state index < -0.39 is 7.60 Å². The molecule has 2 heterocycles. The molecule has 0 fully saturated rings. The van der Waals surface area contributed by atoms with Gasteiger partial charge in [-0.2, -0.15) is 9.97 Å². The van der Waals surface area contributed by atoms with Gasteiger partial charge in [-0.1, -0.05) is 6.92 Å². The summed E-state index contributed by atoms with van der Waals surface area (Å²) >= 11 is 0. The van der Waals surface area contributed by atoms with E-state index in [9.17, 15) is 9.46 Å². The minimum atomic E-state index is -3.61. The average Bonchev–Trinajstić information content (AvgIpc) is 2.98. The summed E-state index contributed by atoms with van der Waals surface area (Å²) in [6.07, 6.45) is 2.48. The van der Waals surface area contributed by atoms with Crippen LogP contribution in [0.3, 0.4) is 0 Å². The molecule has 0 bridgehead atoms. The van der Waals surface area contributed by atoms with E-state index >= 15 is 0 Å². The zero-order valence-electron chi connectivity index (χ0n) is 15.3. The Hall–Kier alpha value is -1.74. The van der Waals surface area contributed by atoms with Gasteiger partial charge in [0.2, 0.25) is 0 Å². The number of methoxy groups -OCH3 is 1. The number of nitrogens with zero attached hydrogens (tertiary/aromatic N) is 4. The van der Waals surface area contributed by atoms with Crippen LogP contribution >= 0.6 is 7.60 Å². The lowest BCUT2D eigenvalue weighted by molar-refractivity contribution is 0.141. The summed E-state index contributed by atoms with van der Waals surface area (Å²) in [6, 6.07) is 0.140. The highest BCUT2D eigenvalue weighted by molar-refractivity contribution is 7.52. The Morgan fingerprint density at radius 2 is 2.15 bits per heavy atom. The Morgan fingerprint density at radius 1 is 1.38 bits per heavy atom. The van der Waals surface area contributed by atoms with Crippen LogP contribution in [0, 0.1) is 0 Å². The Labute approximate surface area is 152 Å². The molecule has 0 aliphatic carbocycles. The van der Waals surface area contributed by atoms with Gasteiger partial charge in [-0.05, 0) is 19.8 Å². The monoisotopic (exact) mass is 387 g/mol. The van der Waals surface area contributed by atoms with Gasteiger partial charge in [0.1, 0.15) is 12.1 Å². The molecule has 26 heavy (non-hydrogen) atoms. The van der Waals surface area contributed by atoms with E-state index in [0.717, 1.165) is 0 Å². The number of hydrogen-bond donors (Lipinski definition) is 2. The predicted octanol–water partition coefficient (Wildman–Crippen LogP) is 1.82. The molecule has 0 saturated heterocycles. The van der Waals surface area contributed by atoms with Gasteiger partial charge in [0.25, 0.3) is 0 Å². The fraction of sp³-hybridized carbons (Fsp3) is 0.667. The van der Waals surface area contributed by atoms with Crippen molar-refractivity contribution in [2.45, 2.75) is 39.3 Å². The molecule has 2 aromatic heterocycles. The van der Waals surface area contributed by atoms with Gasteiger partial charge in [0.05, 0.1) is 25.2 Å². The maximum absolute atomic E-state index is 12.1. The van der Waals surface area contributed by atoms with Crippen LogP contribution in [0.1, 0.15) is 26.7 Å². The summed E-state index contributed by atoms with van der Waals surface area (Å²) in [5, 5.41) is 0. The van der Waals surface area contributed by atoms with Crippen LogP contribution in [0.4, 0.5) is 5.82 Å². The Balaban J connectivity index is 2.04. The second-order valence-corrected chi connectivity index (χ2v) is 7.81. The molecule has 2 rings (SSSR count). The van der Waals surface area contributed by atoms with E-state index in [1.54, 1.807) is 24.9 Å². The minimum absolute atomic E-state index is 0.0504. The molecule has 2 aromatic rings. The second kappa shape index (κ2) is 9.27. The van der Waals surface area contributed by atoms with Gasteiger partial charge in [-0.3, -0.25) is 4.57 Å². The van der Waals surface area contributed by atoms with E-state index in [1.807, 2.05) is 6.92 Å². The first-order valence-corrected chi connectivity index (χ1v) is 10.2. The van der Waals surface area contributed by atoms with E-state index in [2.05, 4.69) is 15.0 Å². The van der Waals surface area contributed by atoms with Gasteiger partial charge in [-0.15, -0.1) is 0 Å². The number of hydrogen-bond acceptors (Lipinski definition) is 8. The number of aryl methyl sites for hydroxylation is 1. The molecule has 10 nitrogen and oxygen atoms in total. The number of aromatic nitrogens is 4. The number of nitrogen functional groups attached to an aromatic ring is 1. The van der Waals surface area contributed by atoms with Gasteiger partial charge in [0.15, 0.2) is 11.5 Å². The first-order chi connectivity index (χ1) is 12.4. The smallest absolute Gasteiger partial charge is 0.328 e. The minimum Gasteiger partial charge on any atom is -0.461 e. The maximum Gasteiger partial charge on any atom is 0.328 e. The van der Waals surface area contributed by atoms with Crippen LogP contribution in [0.5, 0.6) is 6.01 Å². The highest BCUT2D eigenvalue weighted by Crippen LogP contribution is 2.44.